The van der Waals surface area contributed by atoms with Gasteiger partial charge in [0, 0.05) is 12.4 Å². The summed E-state index contributed by atoms with van der Waals surface area (Å²) in [5.41, 5.74) is 0. The van der Waals surface area contributed by atoms with E-state index in [1.165, 1.54) is 12.4 Å². The summed E-state index contributed by atoms with van der Waals surface area (Å²) in [7, 11) is -9.13. The topological polar surface area (TPSA) is 142 Å². The van der Waals surface area contributed by atoms with Crippen LogP contribution in [-0.2, 0) is 13.8 Å². The lowest BCUT2D eigenvalue weighted by Gasteiger charge is -2.21. The Morgan fingerprint density at radius 1 is 1.38 bits per heavy atom. The summed E-state index contributed by atoms with van der Waals surface area (Å²) in [5.74, 6) is -1.60. The quantitative estimate of drug-likeness (QED) is 0.339. The molecule has 4 N–H and O–H groups in total. The minimum absolute atomic E-state index is 0.947. The van der Waals surface area contributed by atoms with Gasteiger partial charge in [0.1, 0.15) is 5.78 Å². The fraction of sp³-hybridized carbons (Fsp3) is 0.400. The molecule has 0 fully saturated rings. The maximum Gasteiger partial charge on any atom is 0.378 e. The van der Waals surface area contributed by atoms with Crippen LogP contribution in [0.15, 0.2) is 18.7 Å². The molecule has 0 spiro atoms. The molecule has 1 aromatic rings. The second kappa shape index (κ2) is 4.77. The maximum absolute atomic E-state index is 11.4. The molecule has 0 amide bonds. The van der Waals surface area contributed by atoms with Crippen molar-refractivity contribution in [2.75, 3.05) is 6.16 Å². The van der Waals surface area contributed by atoms with E-state index < -0.39 is 27.1 Å². The van der Waals surface area contributed by atoms with Gasteiger partial charge in [-0.15, -0.1) is 0 Å². The molecular formula is C5H10N2O7P2. The molecule has 1 rings (SSSR count). The third kappa shape index (κ3) is 3.50. The molecule has 0 aliphatic carbocycles. The van der Waals surface area contributed by atoms with E-state index in [-0.39, 0.29) is 0 Å². The molecule has 2 atom stereocenters. The summed E-state index contributed by atoms with van der Waals surface area (Å²) in [4.78, 5) is 30.3. The summed E-state index contributed by atoms with van der Waals surface area (Å²) in [5, 5.41) is 8.26. The van der Waals surface area contributed by atoms with Gasteiger partial charge in [0.15, 0.2) is 0 Å². The Labute approximate surface area is 89.9 Å². The van der Waals surface area contributed by atoms with Gasteiger partial charge in [-0.2, -0.15) is 4.67 Å². The van der Waals surface area contributed by atoms with Gasteiger partial charge in [0.05, 0.1) is 12.5 Å². The molecule has 0 bridgehead atoms. The first-order chi connectivity index (χ1) is 7.26. The van der Waals surface area contributed by atoms with Crippen LogP contribution in [0.25, 0.3) is 0 Å². The maximum atomic E-state index is 11.4. The second-order valence-electron chi connectivity index (χ2n) is 2.98. The number of hydrogen-bond donors (Lipinski definition) is 4. The molecular weight excluding hydrogens is 262 g/mol. The van der Waals surface area contributed by atoms with Crippen molar-refractivity contribution >= 4 is 15.2 Å². The normalized spacial score (nSPS) is 18.0. The molecule has 1 heterocycles. The average molecular weight is 272 g/mol. The first-order valence-corrected chi connectivity index (χ1v) is 7.38. The van der Waals surface area contributed by atoms with Gasteiger partial charge >= 0.3 is 15.2 Å². The molecule has 92 valence electrons. The Balaban J connectivity index is 3.05. The van der Waals surface area contributed by atoms with E-state index in [0.29, 0.717) is 0 Å². The van der Waals surface area contributed by atoms with Gasteiger partial charge in [-0.05, 0) is 0 Å². The van der Waals surface area contributed by atoms with Crippen molar-refractivity contribution in [3.63, 3.8) is 0 Å². The fourth-order valence-corrected chi connectivity index (χ4v) is 3.74. The minimum Gasteiger partial charge on any atom is -0.324 e. The van der Waals surface area contributed by atoms with Crippen molar-refractivity contribution in [1.82, 2.24) is 9.55 Å². The van der Waals surface area contributed by atoms with Gasteiger partial charge in [-0.3, -0.25) is 9.13 Å². The lowest BCUT2D eigenvalue weighted by atomic mass is 10.7. The van der Waals surface area contributed by atoms with E-state index in [1.54, 1.807) is 0 Å². The highest BCUT2D eigenvalue weighted by Gasteiger charge is 2.39. The van der Waals surface area contributed by atoms with E-state index in [2.05, 4.69) is 9.66 Å². The highest BCUT2D eigenvalue weighted by atomic mass is 31.2. The van der Waals surface area contributed by atoms with Crippen LogP contribution in [0.1, 0.15) is 5.78 Å². The van der Waals surface area contributed by atoms with Crippen molar-refractivity contribution < 1.29 is 33.7 Å². The fourth-order valence-electron chi connectivity index (χ4n) is 1.08. The van der Waals surface area contributed by atoms with Gasteiger partial charge in [0.25, 0.3) is 0 Å². The Morgan fingerprint density at radius 3 is 2.38 bits per heavy atom. The van der Waals surface area contributed by atoms with Crippen molar-refractivity contribution in [1.29, 1.82) is 0 Å². The Morgan fingerprint density at radius 2 is 2.00 bits per heavy atom. The van der Waals surface area contributed by atoms with E-state index in [0.717, 1.165) is 10.9 Å². The van der Waals surface area contributed by atoms with Gasteiger partial charge < -0.3 is 19.2 Å². The molecule has 0 saturated heterocycles. The summed E-state index contributed by atoms with van der Waals surface area (Å²) in [6.45, 7) is 0. The number of nitrogens with zero attached hydrogens (tertiary/aromatic N) is 2. The van der Waals surface area contributed by atoms with Crippen LogP contribution in [-0.4, -0.2) is 35.7 Å². The molecule has 11 heteroatoms. The highest BCUT2D eigenvalue weighted by molar-refractivity contribution is 7.56. The molecule has 2 unspecified atom stereocenters. The predicted octanol–water partition coefficient (Wildman–Crippen LogP) is 0.234. The van der Waals surface area contributed by atoms with Crippen LogP contribution in [0.5, 0.6) is 0 Å². The second-order valence-corrected chi connectivity index (χ2v) is 6.57. The lowest BCUT2D eigenvalue weighted by molar-refractivity contribution is -0.148. The predicted molar refractivity (Wildman–Crippen MR) is 51.7 cm³/mol. The van der Waals surface area contributed by atoms with Crippen LogP contribution < -0.4 is 0 Å². The zero-order valence-electron chi connectivity index (χ0n) is 7.82. The third-order valence-corrected chi connectivity index (χ3v) is 4.31. The van der Waals surface area contributed by atoms with Crippen LogP contribution in [0.2, 0.25) is 0 Å². The first kappa shape index (κ1) is 13.5. The van der Waals surface area contributed by atoms with E-state index in [1.807, 2.05) is 0 Å². The lowest BCUT2D eigenvalue weighted by Crippen LogP contribution is -2.13. The summed E-state index contributed by atoms with van der Waals surface area (Å²) >= 11 is 0. The van der Waals surface area contributed by atoms with Crippen LogP contribution in [0.4, 0.5) is 0 Å². The van der Waals surface area contributed by atoms with Crippen molar-refractivity contribution in [3.05, 3.63) is 18.7 Å². The largest absolute Gasteiger partial charge is 0.378 e. The molecule has 0 aliphatic rings. The van der Waals surface area contributed by atoms with E-state index in [9.17, 15) is 14.0 Å². The zero-order chi connectivity index (χ0) is 12.4. The Kier molecular flexibility index (Phi) is 4.03. The van der Waals surface area contributed by atoms with Crippen molar-refractivity contribution in [3.8, 4) is 0 Å². The van der Waals surface area contributed by atoms with Gasteiger partial charge in [-0.25, -0.2) is 10.2 Å². The molecule has 1 aromatic heterocycles. The average Bonchev–Trinajstić information content (AvgIpc) is 2.65. The van der Waals surface area contributed by atoms with Gasteiger partial charge in [0.2, 0.25) is 0 Å². The molecule has 9 nitrogen and oxygen atoms in total. The van der Waals surface area contributed by atoms with Crippen molar-refractivity contribution in [2.45, 2.75) is 5.78 Å². The Bertz CT molecular complexity index is 426. The molecule has 0 saturated carbocycles. The highest BCUT2D eigenvalue weighted by Crippen LogP contribution is 2.58. The molecule has 16 heavy (non-hydrogen) atoms. The van der Waals surface area contributed by atoms with E-state index >= 15 is 0 Å². The number of aromatic nitrogens is 2. The summed E-state index contributed by atoms with van der Waals surface area (Å²) in [6.07, 6.45) is 2.62. The smallest absolute Gasteiger partial charge is 0.324 e. The standard InChI is InChI=1S/C5H10N2O7P2/c8-14-16(12,13)5(3-15(9,10)11)7-2-1-6-4-7/h1-2,4-5,8H,3H2,(H,12,13)(H2,9,10,11). The molecule has 0 aromatic carbocycles. The first-order valence-electron chi connectivity index (χ1n) is 3.94. The van der Waals surface area contributed by atoms with Crippen LogP contribution in [0.3, 0.4) is 0 Å². The number of rotatable bonds is 5. The van der Waals surface area contributed by atoms with Gasteiger partial charge in [-0.1, -0.05) is 0 Å². The van der Waals surface area contributed by atoms with E-state index in [4.69, 9.17) is 15.0 Å². The third-order valence-electron chi connectivity index (χ3n) is 1.76. The minimum atomic E-state index is -4.58. The van der Waals surface area contributed by atoms with Crippen molar-refractivity contribution in [2.24, 2.45) is 0 Å². The zero-order valence-corrected chi connectivity index (χ0v) is 9.61. The summed E-state index contributed by atoms with van der Waals surface area (Å²) < 4.78 is 26.5. The SMILES string of the molecule is O=P(O)(O)CC(n1ccnc1)P(=O)(O)OO. The molecule has 0 radical (unpaired) electrons. The Hall–Kier alpha value is -0.530. The number of imidazole rings is 1. The summed E-state index contributed by atoms with van der Waals surface area (Å²) in [6, 6.07) is 0. The van der Waals surface area contributed by atoms with Crippen LogP contribution >= 0.6 is 15.2 Å². The monoisotopic (exact) mass is 272 g/mol. The molecule has 0 aliphatic heterocycles. The number of hydrogen-bond acceptors (Lipinski definition) is 5. The van der Waals surface area contributed by atoms with Crippen LogP contribution in [0, 0.1) is 0 Å².